The third kappa shape index (κ3) is 4.55. The molecule has 228 valence electrons. The minimum absolute atomic E-state index is 0.000402. The maximum absolute atomic E-state index is 14.0. The van der Waals surface area contributed by atoms with Crippen molar-refractivity contribution in [3.05, 3.63) is 98.8 Å². The van der Waals surface area contributed by atoms with Crippen LogP contribution in [-0.2, 0) is 29.1 Å². The van der Waals surface area contributed by atoms with Gasteiger partial charge < -0.3 is 31.5 Å². The molecule has 0 spiro atoms. The summed E-state index contributed by atoms with van der Waals surface area (Å²) in [6.45, 7) is 1.35. The van der Waals surface area contributed by atoms with Gasteiger partial charge in [-0.1, -0.05) is 30.3 Å². The number of thiophene rings is 1. The Morgan fingerprint density at radius 3 is 2.45 bits per heavy atom. The van der Waals surface area contributed by atoms with Crippen molar-refractivity contribution >= 4 is 28.8 Å². The summed E-state index contributed by atoms with van der Waals surface area (Å²) in [6, 6.07) is 14.3. The summed E-state index contributed by atoms with van der Waals surface area (Å²) in [6.07, 6.45) is 0.276. The highest BCUT2D eigenvalue weighted by Crippen LogP contribution is 2.53. The number of benzene rings is 2. The molecule has 4 unspecified atom stereocenters. The van der Waals surface area contributed by atoms with E-state index in [4.69, 9.17) is 5.73 Å². The number of phenols is 1. The molecule has 1 heterocycles. The Balaban J connectivity index is 1.37. The molecule has 0 fully saturated rings. The number of aliphatic hydroxyl groups is 3. The molecule has 44 heavy (non-hydrogen) atoms. The number of allylic oxidation sites excluding steroid dienone is 1. The number of fused-ring (bicyclic) bond motifs is 3. The van der Waals surface area contributed by atoms with Gasteiger partial charge in [-0.25, -0.2) is 0 Å². The van der Waals surface area contributed by atoms with E-state index >= 15 is 0 Å². The minimum Gasteiger partial charge on any atom is -0.510 e. The number of carbonyl (C=O) groups excluding carboxylic acids is 3. The predicted molar refractivity (Wildman–Crippen MR) is 164 cm³/mol. The van der Waals surface area contributed by atoms with Gasteiger partial charge in [0.25, 0.3) is 5.91 Å². The first kappa shape index (κ1) is 29.8. The summed E-state index contributed by atoms with van der Waals surface area (Å²) < 4.78 is 0. The van der Waals surface area contributed by atoms with Gasteiger partial charge >= 0.3 is 0 Å². The number of carbonyl (C=O) groups is 3. The number of rotatable bonds is 7. The van der Waals surface area contributed by atoms with E-state index in [1.807, 2.05) is 29.6 Å². The number of nitrogens with two attached hydrogens (primary N) is 1. The molecule has 10 nitrogen and oxygen atoms in total. The number of hydrogen-bond donors (Lipinski definition) is 6. The van der Waals surface area contributed by atoms with Crippen LogP contribution in [0.25, 0.3) is 10.4 Å². The van der Waals surface area contributed by atoms with E-state index < -0.39 is 58.0 Å². The molecule has 7 N–H and O–H groups in total. The Morgan fingerprint density at radius 1 is 1.07 bits per heavy atom. The second kappa shape index (κ2) is 11.0. The lowest BCUT2D eigenvalue weighted by molar-refractivity contribution is -0.148. The van der Waals surface area contributed by atoms with Gasteiger partial charge in [0.15, 0.2) is 11.4 Å². The highest BCUT2D eigenvalue weighted by Gasteiger charge is 2.63. The Labute approximate surface area is 257 Å². The number of nitrogens with zero attached hydrogens (tertiary/aromatic N) is 1. The van der Waals surface area contributed by atoms with E-state index in [0.29, 0.717) is 18.7 Å². The zero-order chi connectivity index (χ0) is 31.5. The number of aromatic hydroxyl groups is 1. The Hall–Kier alpha value is -4.29. The van der Waals surface area contributed by atoms with Gasteiger partial charge in [-0.3, -0.25) is 19.3 Å². The standard InChI is InChI=1S/C33H33N3O7S/c1-36(2)27-21-12-18-11-20-19(23-10-17(15-44-23)14-35-13-16-6-4-3-5-7-16)8-9-22(37)25(20)28(38)24(18)30(40)33(21,43)31(41)26(29(27)39)32(34)42/h3-10,15,18,21,27,35,37,39-40,43H,11-14H2,1-2H3,(H2,34,42). The lowest BCUT2D eigenvalue weighted by Crippen LogP contribution is -2.63. The van der Waals surface area contributed by atoms with Gasteiger partial charge in [0.05, 0.1) is 11.6 Å². The van der Waals surface area contributed by atoms with Crippen LogP contribution in [0, 0.1) is 11.8 Å². The SMILES string of the molecule is CN(C)C1C(O)=C(C(N)=O)C(=O)C2(O)C(O)=C3C(=O)c4c(O)ccc(-c5cc(CNCc6ccccc6)cs5)c4CC3CC12. The van der Waals surface area contributed by atoms with Gasteiger partial charge in [-0.05, 0) is 78.7 Å². The van der Waals surface area contributed by atoms with Crippen molar-refractivity contribution in [2.24, 2.45) is 17.6 Å². The molecule has 0 aliphatic heterocycles. The molecule has 0 bridgehead atoms. The van der Waals surface area contributed by atoms with Crippen molar-refractivity contribution in [1.82, 2.24) is 10.2 Å². The third-order valence-corrected chi connectivity index (χ3v) is 10.0. The molecular weight excluding hydrogens is 582 g/mol. The summed E-state index contributed by atoms with van der Waals surface area (Å²) in [4.78, 5) is 42.1. The second-order valence-corrected chi connectivity index (χ2v) is 12.8. The first-order valence-electron chi connectivity index (χ1n) is 14.3. The van der Waals surface area contributed by atoms with Crippen molar-refractivity contribution in [1.29, 1.82) is 0 Å². The molecular formula is C33H33N3O7S. The largest absolute Gasteiger partial charge is 0.510 e. The van der Waals surface area contributed by atoms with Gasteiger partial charge in [0.1, 0.15) is 22.8 Å². The van der Waals surface area contributed by atoms with Crippen molar-refractivity contribution in [3.63, 3.8) is 0 Å². The van der Waals surface area contributed by atoms with Gasteiger partial charge in [0, 0.05) is 29.5 Å². The van der Waals surface area contributed by atoms with Crippen LogP contribution >= 0.6 is 11.3 Å². The van der Waals surface area contributed by atoms with Crippen LogP contribution < -0.4 is 11.1 Å². The van der Waals surface area contributed by atoms with Crippen LogP contribution in [0.1, 0.15) is 33.5 Å². The van der Waals surface area contributed by atoms with E-state index in [-0.39, 0.29) is 29.7 Å². The predicted octanol–water partition coefficient (Wildman–Crippen LogP) is 3.14. The third-order valence-electron chi connectivity index (χ3n) is 9.03. The first-order valence-corrected chi connectivity index (χ1v) is 15.1. The number of hydrogen-bond acceptors (Lipinski definition) is 10. The molecule has 4 atom stereocenters. The smallest absolute Gasteiger partial charge is 0.255 e. The van der Waals surface area contributed by atoms with Crippen LogP contribution in [0.15, 0.2) is 76.6 Å². The van der Waals surface area contributed by atoms with Gasteiger partial charge in [0.2, 0.25) is 5.78 Å². The molecule has 0 radical (unpaired) electrons. The fourth-order valence-corrected chi connectivity index (χ4v) is 8.01. The maximum atomic E-state index is 14.0. The molecule has 2 aromatic carbocycles. The molecule has 1 aromatic heterocycles. The number of aliphatic hydroxyl groups excluding tert-OH is 2. The van der Waals surface area contributed by atoms with Crippen molar-refractivity contribution in [2.75, 3.05) is 14.1 Å². The summed E-state index contributed by atoms with van der Waals surface area (Å²) in [5.41, 5.74) is 5.36. The van der Waals surface area contributed by atoms with Crippen molar-refractivity contribution < 1.29 is 34.8 Å². The summed E-state index contributed by atoms with van der Waals surface area (Å²) in [5.74, 6) is -6.64. The molecule has 0 saturated heterocycles. The Morgan fingerprint density at radius 2 is 1.77 bits per heavy atom. The number of primary amides is 1. The van der Waals surface area contributed by atoms with Crippen LogP contribution in [0.5, 0.6) is 5.75 Å². The first-order chi connectivity index (χ1) is 20.9. The molecule has 3 aromatic rings. The van der Waals surface area contributed by atoms with E-state index in [1.165, 1.54) is 27.9 Å². The summed E-state index contributed by atoms with van der Waals surface area (Å²) in [5, 5.41) is 50.5. The number of Topliss-reactive ketones (excluding diaryl/α,β-unsaturated/α-hetero) is 2. The van der Waals surface area contributed by atoms with Gasteiger partial charge in [-0.15, -0.1) is 11.3 Å². The van der Waals surface area contributed by atoms with Gasteiger partial charge in [-0.2, -0.15) is 0 Å². The van der Waals surface area contributed by atoms with E-state index in [2.05, 4.69) is 17.4 Å². The van der Waals surface area contributed by atoms with Crippen LogP contribution in [-0.4, -0.2) is 68.5 Å². The molecule has 11 heteroatoms. The van der Waals surface area contributed by atoms with Crippen molar-refractivity contribution in [3.8, 4) is 16.2 Å². The normalized spacial score (nSPS) is 24.8. The fourth-order valence-electron chi connectivity index (χ4n) is 7.04. The highest BCUT2D eigenvalue weighted by molar-refractivity contribution is 7.13. The van der Waals surface area contributed by atoms with Crippen molar-refractivity contribution in [2.45, 2.75) is 37.6 Å². The molecule has 1 amide bonds. The average Bonchev–Trinajstić information content (AvgIpc) is 3.44. The number of ketones is 2. The van der Waals surface area contributed by atoms with E-state index in [9.17, 15) is 34.8 Å². The number of nitrogens with one attached hydrogen (secondary N) is 1. The molecule has 6 rings (SSSR count). The van der Waals surface area contributed by atoms with Crippen LogP contribution in [0.3, 0.4) is 0 Å². The van der Waals surface area contributed by atoms with Crippen LogP contribution in [0.4, 0.5) is 0 Å². The maximum Gasteiger partial charge on any atom is 0.255 e. The molecule has 0 saturated carbocycles. The topological polar surface area (TPSA) is 173 Å². The second-order valence-electron chi connectivity index (χ2n) is 11.9. The summed E-state index contributed by atoms with van der Waals surface area (Å²) >= 11 is 1.52. The minimum atomic E-state index is -2.66. The highest BCUT2D eigenvalue weighted by atomic mass is 32.1. The average molecular weight is 616 g/mol. The monoisotopic (exact) mass is 615 g/mol. The Kier molecular flexibility index (Phi) is 7.45. The summed E-state index contributed by atoms with van der Waals surface area (Å²) in [7, 11) is 3.21. The molecule has 3 aliphatic carbocycles. The zero-order valence-corrected chi connectivity index (χ0v) is 25.0. The number of likely N-dealkylation sites (N-methyl/N-ethyl adjacent to an activating group) is 1. The number of amides is 1. The van der Waals surface area contributed by atoms with E-state index in [0.717, 1.165) is 16.0 Å². The molecule has 3 aliphatic rings. The number of phenolic OH excluding ortho intramolecular Hbond substituents is 1. The lowest BCUT2D eigenvalue weighted by atomic mass is 9.58. The zero-order valence-electron chi connectivity index (χ0n) is 24.2. The van der Waals surface area contributed by atoms with Crippen LogP contribution in [0.2, 0.25) is 0 Å². The Bertz CT molecular complexity index is 1760. The fraction of sp³-hybridized carbons (Fsp3) is 0.303. The lowest BCUT2D eigenvalue weighted by Gasteiger charge is -2.50. The quantitative estimate of drug-likeness (QED) is 0.218. The van der Waals surface area contributed by atoms with E-state index in [1.54, 1.807) is 20.2 Å².